The van der Waals surface area contributed by atoms with Crippen LogP contribution in [0.4, 0.5) is 17.6 Å². The smallest absolute Gasteiger partial charge is 0.206 e. The van der Waals surface area contributed by atoms with E-state index in [-0.39, 0.29) is 5.56 Å². The largest absolute Gasteiger partial charge is 0.419 e. The van der Waals surface area contributed by atoms with E-state index in [4.69, 9.17) is 0 Å². The van der Waals surface area contributed by atoms with Gasteiger partial charge in [-0.25, -0.2) is 4.39 Å². The molecule has 2 aromatic rings. The van der Waals surface area contributed by atoms with Gasteiger partial charge in [0.25, 0.3) is 0 Å². The van der Waals surface area contributed by atoms with Crippen molar-refractivity contribution in [3.63, 3.8) is 0 Å². The molecule has 0 nitrogen and oxygen atoms in total. The average Bonchev–Trinajstić information content (AvgIpc) is 2.63. The fourth-order valence-corrected chi connectivity index (χ4v) is 2.52. The van der Waals surface area contributed by atoms with Crippen molar-refractivity contribution in [3.8, 4) is 10.4 Å². The molecule has 0 bridgehead atoms. The summed E-state index contributed by atoms with van der Waals surface area (Å²) in [5, 5.41) is 1.73. The van der Waals surface area contributed by atoms with Gasteiger partial charge in [-0.1, -0.05) is 12.1 Å². The molecule has 1 aromatic heterocycles. The van der Waals surface area contributed by atoms with Gasteiger partial charge in [-0.3, -0.25) is 0 Å². The summed E-state index contributed by atoms with van der Waals surface area (Å²) in [6.45, 7) is 1.74. The van der Waals surface area contributed by atoms with Crippen LogP contribution in [0.25, 0.3) is 10.4 Å². The molecule has 0 spiro atoms. The molecule has 90 valence electrons. The van der Waals surface area contributed by atoms with Crippen molar-refractivity contribution < 1.29 is 17.6 Å². The Hall–Kier alpha value is -1.36. The minimum absolute atomic E-state index is 0.00678. The number of halogens is 4. The molecule has 0 N–H and O–H groups in total. The predicted octanol–water partition coefficient (Wildman–Crippen LogP) is 4.88. The van der Waals surface area contributed by atoms with Crippen molar-refractivity contribution in [2.75, 3.05) is 0 Å². The SMILES string of the molecule is Cc1ccsc1-c1cccc(C(F)(F)F)c1F. The monoisotopic (exact) mass is 260 g/mol. The minimum Gasteiger partial charge on any atom is -0.206 e. The zero-order chi connectivity index (χ0) is 12.6. The Labute approximate surface area is 99.5 Å². The Morgan fingerprint density at radius 3 is 2.35 bits per heavy atom. The molecule has 2 rings (SSSR count). The normalized spacial score (nSPS) is 11.8. The van der Waals surface area contributed by atoms with Crippen LogP contribution in [0.2, 0.25) is 0 Å². The summed E-state index contributed by atoms with van der Waals surface area (Å²) in [6, 6.07) is 5.09. The quantitative estimate of drug-likeness (QED) is 0.641. The van der Waals surface area contributed by atoms with Gasteiger partial charge >= 0.3 is 6.18 Å². The average molecular weight is 260 g/mol. The van der Waals surface area contributed by atoms with E-state index in [1.54, 1.807) is 18.4 Å². The van der Waals surface area contributed by atoms with Crippen LogP contribution >= 0.6 is 11.3 Å². The first-order valence-corrected chi connectivity index (χ1v) is 5.69. The maximum absolute atomic E-state index is 13.8. The number of hydrogen-bond donors (Lipinski definition) is 0. The van der Waals surface area contributed by atoms with Crippen molar-refractivity contribution in [3.05, 3.63) is 46.6 Å². The lowest BCUT2D eigenvalue weighted by molar-refractivity contribution is -0.139. The van der Waals surface area contributed by atoms with Gasteiger partial charge in [0.15, 0.2) is 0 Å². The van der Waals surface area contributed by atoms with Crippen LogP contribution < -0.4 is 0 Å². The fraction of sp³-hybridized carbons (Fsp3) is 0.167. The summed E-state index contributed by atoms with van der Waals surface area (Å²) in [5.74, 6) is -1.20. The van der Waals surface area contributed by atoms with E-state index in [9.17, 15) is 17.6 Å². The van der Waals surface area contributed by atoms with E-state index in [1.165, 1.54) is 23.5 Å². The molecule has 0 radical (unpaired) electrons. The van der Waals surface area contributed by atoms with Crippen molar-refractivity contribution in [2.24, 2.45) is 0 Å². The van der Waals surface area contributed by atoms with Crippen LogP contribution in [-0.4, -0.2) is 0 Å². The van der Waals surface area contributed by atoms with Crippen LogP contribution in [0.1, 0.15) is 11.1 Å². The van der Waals surface area contributed by atoms with Gasteiger partial charge in [-0.15, -0.1) is 11.3 Å². The molecular formula is C12H8F4S. The molecule has 1 aromatic carbocycles. The number of alkyl halides is 3. The molecule has 1 heterocycles. The third kappa shape index (κ3) is 2.20. The molecule has 0 unspecified atom stereocenters. The number of rotatable bonds is 1. The highest BCUT2D eigenvalue weighted by atomic mass is 32.1. The van der Waals surface area contributed by atoms with Crippen molar-refractivity contribution in [1.29, 1.82) is 0 Å². The van der Waals surface area contributed by atoms with Gasteiger partial charge in [-0.05, 0) is 30.0 Å². The summed E-state index contributed by atoms with van der Waals surface area (Å²) in [5.41, 5.74) is -0.441. The number of hydrogen-bond acceptors (Lipinski definition) is 1. The molecule has 0 saturated carbocycles. The highest BCUT2D eigenvalue weighted by molar-refractivity contribution is 7.13. The Bertz CT molecular complexity index is 540. The first kappa shape index (κ1) is 12.1. The van der Waals surface area contributed by atoms with E-state index >= 15 is 0 Å². The van der Waals surface area contributed by atoms with Gasteiger partial charge in [-0.2, -0.15) is 13.2 Å². The van der Waals surface area contributed by atoms with Crippen molar-refractivity contribution in [1.82, 2.24) is 0 Å². The Morgan fingerprint density at radius 2 is 1.82 bits per heavy atom. The maximum Gasteiger partial charge on any atom is 0.419 e. The minimum atomic E-state index is -4.66. The topological polar surface area (TPSA) is 0 Å². The second kappa shape index (κ2) is 4.14. The van der Waals surface area contributed by atoms with Crippen molar-refractivity contribution >= 4 is 11.3 Å². The maximum atomic E-state index is 13.8. The summed E-state index contributed by atoms with van der Waals surface area (Å²) >= 11 is 1.23. The van der Waals surface area contributed by atoms with Gasteiger partial charge < -0.3 is 0 Å². The van der Waals surface area contributed by atoms with E-state index in [2.05, 4.69) is 0 Å². The van der Waals surface area contributed by atoms with Crippen LogP contribution in [0.3, 0.4) is 0 Å². The van der Waals surface area contributed by atoms with E-state index in [0.29, 0.717) is 4.88 Å². The lowest BCUT2D eigenvalue weighted by Gasteiger charge is -2.10. The number of thiophene rings is 1. The standard InChI is InChI=1S/C12H8F4S/c1-7-5-6-17-11(7)8-3-2-4-9(10(8)13)12(14,15)16/h2-6H,1H3. The van der Waals surface area contributed by atoms with Gasteiger partial charge in [0, 0.05) is 10.4 Å². The molecule has 0 fully saturated rings. The van der Waals surface area contributed by atoms with Crippen LogP contribution in [0.15, 0.2) is 29.6 Å². The fourth-order valence-electron chi connectivity index (χ4n) is 1.57. The lowest BCUT2D eigenvalue weighted by Crippen LogP contribution is -2.08. The molecule has 0 saturated heterocycles. The highest BCUT2D eigenvalue weighted by Gasteiger charge is 2.35. The third-order valence-electron chi connectivity index (χ3n) is 2.41. The summed E-state index contributed by atoms with van der Waals surface area (Å²) in [7, 11) is 0. The molecule has 0 amide bonds. The first-order valence-electron chi connectivity index (χ1n) is 4.81. The first-order chi connectivity index (χ1) is 7.91. The van der Waals surface area contributed by atoms with Crippen LogP contribution in [0.5, 0.6) is 0 Å². The van der Waals surface area contributed by atoms with E-state index in [1.807, 2.05) is 0 Å². The summed E-state index contributed by atoms with van der Waals surface area (Å²) in [6.07, 6.45) is -4.66. The van der Waals surface area contributed by atoms with E-state index < -0.39 is 17.6 Å². The molecule has 0 atom stereocenters. The molecule has 17 heavy (non-hydrogen) atoms. The lowest BCUT2D eigenvalue weighted by atomic mass is 10.1. The Kier molecular flexibility index (Phi) is 2.95. The number of aryl methyl sites for hydroxylation is 1. The second-order valence-electron chi connectivity index (χ2n) is 3.60. The molecule has 0 aliphatic carbocycles. The van der Waals surface area contributed by atoms with Gasteiger partial charge in [0.1, 0.15) is 5.82 Å². The molecule has 0 aliphatic heterocycles. The zero-order valence-electron chi connectivity index (χ0n) is 8.81. The molecule has 5 heteroatoms. The van der Waals surface area contributed by atoms with Gasteiger partial charge in [0.2, 0.25) is 0 Å². The van der Waals surface area contributed by atoms with Crippen LogP contribution in [-0.2, 0) is 6.18 Å². The van der Waals surface area contributed by atoms with E-state index in [0.717, 1.165) is 11.6 Å². The summed E-state index contributed by atoms with van der Waals surface area (Å²) in [4.78, 5) is 0.536. The highest BCUT2D eigenvalue weighted by Crippen LogP contribution is 2.37. The summed E-state index contributed by atoms with van der Waals surface area (Å²) < 4.78 is 51.4. The second-order valence-corrected chi connectivity index (χ2v) is 4.51. The zero-order valence-corrected chi connectivity index (χ0v) is 9.62. The third-order valence-corrected chi connectivity index (χ3v) is 3.46. The molecule has 0 aliphatic rings. The van der Waals surface area contributed by atoms with Crippen LogP contribution in [0, 0.1) is 12.7 Å². The molecular weight excluding hydrogens is 252 g/mol. The predicted molar refractivity (Wildman–Crippen MR) is 59.5 cm³/mol. The van der Waals surface area contributed by atoms with Crippen molar-refractivity contribution in [2.45, 2.75) is 13.1 Å². The Morgan fingerprint density at radius 1 is 1.12 bits per heavy atom. The number of benzene rings is 1. The Balaban J connectivity index is 2.62. The van der Waals surface area contributed by atoms with Gasteiger partial charge in [0.05, 0.1) is 5.56 Å².